The van der Waals surface area contributed by atoms with Gasteiger partial charge in [0.15, 0.2) is 11.5 Å². The van der Waals surface area contributed by atoms with E-state index < -0.39 is 0 Å². The fraction of sp³-hybridized carbons (Fsp3) is 0.294. The number of methoxy groups -OCH3 is 1. The molecule has 0 saturated heterocycles. The maximum atomic E-state index is 13.7. The first-order chi connectivity index (χ1) is 10.3. The van der Waals surface area contributed by atoms with Crippen molar-refractivity contribution in [3.63, 3.8) is 0 Å². The number of hydrogen-bond acceptors (Lipinski definition) is 3. The van der Waals surface area contributed by atoms with Crippen LogP contribution in [0.3, 0.4) is 0 Å². The number of aliphatic hydroxyl groups excluding tert-OH is 1. The summed E-state index contributed by atoms with van der Waals surface area (Å²) in [5, 5.41) is 9.45. The van der Waals surface area contributed by atoms with E-state index in [1.165, 1.54) is 6.07 Å². The van der Waals surface area contributed by atoms with Crippen molar-refractivity contribution in [1.82, 2.24) is 0 Å². The molecule has 1 N–H and O–H groups in total. The smallest absolute Gasteiger partial charge is 0.161 e. The quantitative estimate of drug-likeness (QED) is 0.849. The van der Waals surface area contributed by atoms with Crippen molar-refractivity contribution in [2.45, 2.75) is 12.3 Å². The lowest BCUT2D eigenvalue weighted by molar-refractivity contribution is 0.223. The van der Waals surface area contributed by atoms with E-state index >= 15 is 0 Å². The van der Waals surface area contributed by atoms with Crippen LogP contribution in [-0.2, 0) is 0 Å². The summed E-state index contributed by atoms with van der Waals surface area (Å²) in [4.78, 5) is 0. The summed E-state index contributed by atoms with van der Waals surface area (Å²) < 4.78 is 24.6. The molecule has 112 valence electrons. The van der Waals surface area contributed by atoms with Crippen LogP contribution in [0.2, 0.25) is 0 Å². The van der Waals surface area contributed by atoms with Gasteiger partial charge in [-0.15, -0.1) is 0 Å². The number of rotatable bonds is 7. The molecule has 0 aliphatic heterocycles. The van der Waals surface area contributed by atoms with E-state index in [9.17, 15) is 9.50 Å². The van der Waals surface area contributed by atoms with Crippen molar-refractivity contribution in [3.05, 3.63) is 59.9 Å². The van der Waals surface area contributed by atoms with E-state index in [1.807, 2.05) is 24.3 Å². The van der Waals surface area contributed by atoms with Gasteiger partial charge in [0.05, 0.1) is 20.3 Å². The monoisotopic (exact) mass is 290 g/mol. The molecular formula is C17H19FO3. The van der Waals surface area contributed by atoms with Gasteiger partial charge in [-0.25, -0.2) is 4.39 Å². The van der Waals surface area contributed by atoms with Gasteiger partial charge in [0.1, 0.15) is 5.82 Å². The number of ether oxygens (including phenoxy) is 2. The Balaban J connectivity index is 1.97. The van der Waals surface area contributed by atoms with E-state index in [2.05, 4.69) is 0 Å². The molecule has 0 amide bonds. The normalized spacial score (nSPS) is 12.0. The highest BCUT2D eigenvalue weighted by atomic mass is 19.1. The molecule has 0 aliphatic carbocycles. The Morgan fingerprint density at radius 3 is 2.38 bits per heavy atom. The SMILES string of the molecule is COc1ccccc1OCCC(CO)c1ccccc1F. The second-order valence-electron chi connectivity index (χ2n) is 4.69. The van der Waals surface area contributed by atoms with Gasteiger partial charge in [-0.2, -0.15) is 0 Å². The van der Waals surface area contributed by atoms with E-state index in [0.29, 0.717) is 30.1 Å². The van der Waals surface area contributed by atoms with Gasteiger partial charge in [0.25, 0.3) is 0 Å². The van der Waals surface area contributed by atoms with Crippen LogP contribution < -0.4 is 9.47 Å². The first-order valence-corrected chi connectivity index (χ1v) is 6.87. The number of para-hydroxylation sites is 2. The molecule has 3 nitrogen and oxygen atoms in total. The highest BCUT2D eigenvalue weighted by molar-refractivity contribution is 5.39. The maximum Gasteiger partial charge on any atom is 0.161 e. The highest BCUT2D eigenvalue weighted by Gasteiger charge is 2.15. The van der Waals surface area contributed by atoms with Crippen molar-refractivity contribution in [3.8, 4) is 11.5 Å². The third-order valence-electron chi connectivity index (χ3n) is 3.36. The molecule has 1 atom stereocenters. The van der Waals surface area contributed by atoms with Crippen LogP contribution in [0.25, 0.3) is 0 Å². The van der Waals surface area contributed by atoms with Gasteiger partial charge in [0.2, 0.25) is 0 Å². The van der Waals surface area contributed by atoms with Crippen LogP contribution in [0.15, 0.2) is 48.5 Å². The Hall–Kier alpha value is -2.07. The minimum absolute atomic E-state index is 0.115. The Bertz CT molecular complexity index is 571. The molecule has 2 rings (SSSR count). The lowest BCUT2D eigenvalue weighted by Gasteiger charge is -2.16. The minimum Gasteiger partial charge on any atom is -0.493 e. The van der Waals surface area contributed by atoms with Crippen molar-refractivity contribution in [2.24, 2.45) is 0 Å². The average molecular weight is 290 g/mol. The molecule has 21 heavy (non-hydrogen) atoms. The Morgan fingerprint density at radius 2 is 1.71 bits per heavy atom. The molecule has 0 saturated carbocycles. The van der Waals surface area contributed by atoms with Gasteiger partial charge in [0, 0.05) is 5.92 Å². The number of halogens is 1. The third kappa shape index (κ3) is 3.95. The Kier molecular flexibility index (Phi) is 5.58. The third-order valence-corrected chi connectivity index (χ3v) is 3.36. The zero-order valence-electron chi connectivity index (χ0n) is 12.0. The zero-order chi connectivity index (χ0) is 15.1. The maximum absolute atomic E-state index is 13.7. The molecular weight excluding hydrogens is 271 g/mol. The lowest BCUT2D eigenvalue weighted by Crippen LogP contribution is -2.11. The van der Waals surface area contributed by atoms with Gasteiger partial charge in [-0.3, -0.25) is 0 Å². The number of benzene rings is 2. The molecule has 2 aromatic carbocycles. The summed E-state index contributed by atoms with van der Waals surface area (Å²) in [6, 6.07) is 13.9. The Morgan fingerprint density at radius 1 is 1.05 bits per heavy atom. The van der Waals surface area contributed by atoms with E-state index in [-0.39, 0.29) is 18.3 Å². The van der Waals surface area contributed by atoms with Crippen LogP contribution in [0.1, 0.15) is 17.9 Å². The predicted molar refractivity (Wildman–Crippen MR) is 79.3 cm³/mol. The van der Waals surface area contributed by atoms with E-state index in [1.54, 1.807) is 25.3 Å². The largest absolute Gasteiger partial charge is 0.493 e. The van der Waals surface area contributed by atoms with Crippen LogP contribution in [0, 0.1) is 5.82 Å². The summed E-state index contributed by atoms with van der Waals surface area (Å²) in [6.45, 7) is 0.260. The number of hydrogen-bond donors (Lipinski definition) is 1. The van der Waals surface area contributed by atoms with Crippen LogP contribution in [-0.4, -0.2) is 25.4 Å². The van der Waals surface area contributed by atoms with Crippen LogP contribution in [0.5, 0.6) is 11.5 Å². The summed E-state index contributed by atoms with van der Waals surface area (Å²) in [5.74, 6) is 0.726. The van der Waals surface area contributed by atoms with Gasteiger partial charge in [-0.1, -0.05) is 30.3 Å². The highest BCUT2D eigenvalue weighted by Crippen LogP contribution is 2.27. The summed E-state index contributed by atoms with van der Waals surface area (Å²) in [7, 11) is 1.58. The molecule has 0 aliphatic rings. The molecule has 0 aromatic heterocycles. The topological polar surface area (TPSA) is 38.7 Å². The second kappa shape index (κ2) is 7.64. The summed E-state index contributed by atoms with van der Waals surface area (Å²) in [5.41, 5.74) is 0.517. The molecule has 0 spiro atoms. The zero-order valence-corrected chi connectivity index (χ0v) is 12.0. The van der Waals surface area contributed by atoms with Crippen LogP contribution in [0.4, 0.5) is 4.39 Å². The molecule has 2 aromatic rings. The van der Waals surface area contributed by atoms with Crippen LogP contribution >= 0.6 is 0 Å². The molecule has 0 fully saturated rings. The summed E-state index contributed by atoms with van der Waals surface area (Å²) in [6.07, 6.45) is 0.523. The molecule has 0 bridgehead atoms. The molecule has 0 heterocycles. The Labute approximate surface area is 124 Å². The number of aliphatic hydroxyl groups is 1. The van der Waals surface area contributed by atoms with Crippen molar-refractivity contribution < 1.29 is 19.0 Å². The van der Waals surface area contributed by atoms with Gasteiger partial charge >= 0.3 is 0 Å². The molecule has 4 heteroatoms. The lowest BCUT2D eigenvalue weighted by atomic mass is 9.96. The fourth-order valence-corrected chi connectivity index (χ4v) is 2.20. The van der Waals surface area contributed by atoms with Gasteiger partial charge < -0.3 is 14.6 Å². The first-order valence-electron chi connectivity index (χ1n) is 6.87. The molecule has 0 radical (unpaired) electrons. The second-order valence-corrected chi connectivity index (χ2v) is 4.69. The summed E-state index contributed by atoms with van der Waals surface area (Å²) >= 11 is 0. The standard InChI is InChI=1S/C17H19FO3/c1-20-16-8-4-5-9-17(16)21-11-10-13(12-19)14-6-2-3-7-15(14)18/h2-9,13,19H,10-12H2,1H3. The van der Waals surface area contributed by atoms with E-state index in [4.69, 9.17) is 9.47 Å². The fourth-order valence-electron chi connectivity index (χ4n) is 2.20. The first kappa shape index (κ1) is 15.3. The van der Waals surface area contributed by atoms with Crippen molar-refractivity contribution >= 4 is 0 Å². The van der Waals surface area contributed by atoms with E-state index in [0.717, 1.165) is 0 Å². The van der Waals surface area contributed by atoms with Crippen molar-refractivity contribution in [1.29, 1.82) is 0 Å². The molecule has 1 unspecified atom stereocenters. The van der Waals surface area contributed by atoms with Gasteiger partial charge in [-0.05, 0) is 30.2 Å². The minimum atomic E-state index is -0.297. The average Bonchev–Trinajstić information content (AvgIpc) is 2.53. The van der Waals surface area contributed by atoms with Crippen molar-refractivity contribution in [2.75, 3.05) is 20.3 Å². The predicted octanol–water partition coefficient (Wildman–Crippen LogP) is 3.38.